The Morgan fingerprint density at radius 1 is 1.58 bits per heavy atom. The Hall–Kier alpha value is -2.13. The van der Waals surface area contributed by atoms with Crippen molar-refractivity contribution >= 4 is 5.69 Å². The highest BCUT2D eigenvalue weighted by molar-refractivity contribution is 5.48. The molecule has 0 fully saturated rings. The van der Waals surface area contributed by atoms with Crippen LogP contribution in [0.1, 0.15) is 18.9 Å². The maximum absolute atomic E-state index is 10.9. The van der Waals surface area contributed by atoms with Crippen molar-refractivity contribution in [2.24, 2.45) is 0 Å². The van der Waals surface area contributed by atoms with Gasteiger partial charge in [0.2, 0.25) is 0 Å². The number of nitro groups is 1. The van der Waals surface area contributed by atoms with Gasteiger partial charge in [0.25, 0.3) is 0 Å². The van der Waals surface area contributed by atoms with E-state index < -0.39 is 4.92 Å². The van der Waals surface area contributed by atoms with Gasteiger partial charge in [0.15, 0.2) is 5.75 Å². The summed E-state index contributed by atoms with van der Waals surface area (Å²) in [7, 11) is 3.29. The molecule has 19 heavy (non-hydrogen) atoms. The highest BCUT2D eigenvalue weighted by Gasteiger charge is 2.16. The molecule has 0 heterocycles. The topological polar surface area (TPSA) is 79.4 Å². The van der Waals surface area contributed by atoms with Crippen LogP contribution in [-0.4, -0.2) is 30.0 Å². The molecule has 102 valence electrons. The molecule has 0 saturated heterocycles. The highest BCUT2D eigenvalue weighted by Crippen LogP contribution is 2.28. The van der Waals surface area contributed by atoms with Crippen LogP contribution < -0.4 is 4.74 Å². The van der Waals surface area contributed by atoms with Crippen molar-refractivity contribution in [1.29, 1.82) is 5.26 Å². The summed E-state index contributed by atoms with van der Waals surface area (Å²) in [5, 5.41) is 19.6. The van der Waals surface area contributed by atoms with Gasteiger partial charge >= 0.3 is 5.69 Å². The molecule has 0 saturated carbocycles. The van der Waals surface area contributed by atoms with Crippen molar-refractivity contribution in [3.8, 4) is 11.8 Å². The first-order valence-corrected chi connectivity index (χ1v) is 5.88. The summed E-state index contributed by atoms with van der Waals surface area (Å²) >= 11 is 0. The molecular weight excluding hydrogens is 246 g/mol. The number of rotatable bonds is 6. The molecule has 0 amide bonds. The summed E-state index contributed by atoms with van der Waals surface area (Å²) in [4.78, 5) is 12.4. The molecule has 1 rings (SSSR count). The number of benzene rings is 1. The van der Waals surface area contributed by atoms with E-state index in [1.165, 1.54) is 13.2 Å². The average molecular weight is 263 g/mol. The SMILES string of the molecule is COc1ccc(CN(C)C(C)CC#N)cc1[N+](=O)[O-]. The van der Waals surface area contributed by atoms with E-state index >= 15 is 0 Å². The van der Waals surface area contributed by atoms with Crippen molar-refractivity contribution in [3.05, 3.63) is 33.9 Å². The van der Waals surface area contributed by atoms with E-state index in [0.29, 0.717) is 13.0 Å². The van der Waals surface area contributed by atoms with Gasteiger partial charge in [0, 0.05) is 18.7 Å². The largest absolute Gasteiger partial charge is 0.490 e. The fourth-order valence-electron chi connectivity index (χ4n) is 1.71. The van der Waals surface area contributed by atoms with E-state index in [1.807, 2.05) is 18.9 Å². The molecule has 0 radical (unpaired) electrons. The predicted octanol–water partition coefficient (Wildman–Crippen LogP) is 2.34. The first-order valence-electron chi connectivity index (χ1n) is 5.88. The van der Waals surface area contributed by atoms with Crippen molar-refractivity contribution < 1.29 is 9.66 Å². The van der Waals surface area contributed by atoms with Gasteiger partial charge in [-0.25, -0.2) is 0 Å². The molecule has 1 aromatic rings. The summed E-state index contributed by atoms with van der Waals surface area (Å²) in [6, 6.07) is 7.11. The average Bonchev–Trinajstić information content (AvgIpc) is 2.38. The van der Waals surface area contributed by atoms with Crippen LogP contribution in [0.2, 0.25) is 0 Å². The Kier molecular flexibility index (Phi) is 5.27. The van der Waals surface area contributed by atoms with Crippen molar-refractivity contribution in [2.75, 3.05) is 14.2 Å². The van der Waals surface area contributed by atoms with Crippen LogP contribution in [0.25, 0.3) is 0 Å². The summed E-state index contributed by atoms with van der Waals surface area (Å²) in [5.74, 6) is 0.251. The predicted molar refractivity (Wildman–Crippen MR) is 70.8 cm³/mol. The van der Waals surface area contributed by atoms with Crippen LogP contribution in [0.15, 0.2) is 18.2 Å². The summed E-state index contributed by atoms with van der Waals surface area (Å²) < 4.78 is 4.95. The van der Waals surface area contributed by atoms with E-state index in [4.69, 9.17) is 10.00 Å². The van der Waals surface area contributed by atoms with E-state index in [1.54, 1.807) is 12.1 Å². The Morgan fingerprint density at radius 3 is 2.79 bits per heavy atom. The van der Waals surface area contributed by atoms with Crippen LogP contribution >= 0.6 is 0 Å². The van der Waals surface area contributed by atoms with Gasteiger partial charge in [-0.15, -0.1) is 0 Å². The lowest BCUT2D eigenvalue weighted by atomic mass is 10.1. The fraction of sp³-hybridized carbons (Fsp3) is 0.462. The standard InChI is InChI=1S/C13H17N3O3/c1-10(6-7-14)15(2)9-11-4-5-13(19-3)12(8-11)16(17)18/h4-5,8,10H,6,9H2,1-3H3. The minimum atomic E-state index is -0.457. The maximum Gasteiger partial charge on any atom is 0.311 e. The van der Waals surface area contributed by atoms with Gasteiger partial charge in [-0.05, 0) is 25.6 Å². The second-order valence-corrected chi connectivity index (χ2v) is 4.39. The number of ether oxygens (including phenoxy) is 1. The van der Waals surface area contributed by atoms with Crippen molar-refractivity contribution in [3.63, 3.8) is 0 Å². The van der Waals surface area contributed by atoms with Gasteiger partial charge in [0.1, 0.15) is 0 Å². The smallest absolute Gasteiger partial charge is 0.311 e. The van der Waals surface area contributed by atoms with E-state index in [9.17, 15) is 10.1 Å². The molecular formula is C13H17N3O3. The van der Waals surface area contributed by atoms with Gasteiger partial charge in [-0.3, -0.25) is 15.0 Å². The molecule has 0 N–H and O–H groups in total. The second kappa shape index (κ2) is 6.71. The van der Waals surface area contributed by atoms with Crippen LogP contribution in [0.3, 0.4) is 0 Å². The number of nitriles is 1. The summed E-state index contributed by atoms with van der Waals surface area (Å²) in [5.41, 5.74) is 0.779. The Labute approximate surface area is 112 Å². The lowest BCUT2D eigenvalue weighted by molar-refractivity contribution is -0.385. The Balaban J connectivity index is 2.88. The molecule has 6 heteroatoms. The molecule has 1 atom stereocenters. The maximum atomic E-state index is 10.9. The number of nitrogens with zero attached hydrogens (tertiary/aromatic N) is 3. The summed E-state index contributed by atoms with van der Waals surface area (Å²) in [6.07, 6.45) is 0.425. The molecule has 0 bridgehead atoms. The van der Waals surface area contributed by atoms with Crippen LogP contribution in [0, 0.1) is 21.4 Å². The van der Waals surface area contributed by atoms with E-state index in [0.717, 1.165) is 5.56 Å². The highest BCUT2D eigenvalue weighted by atomic mass is 16.6. The molecule has 1 aromatic carbocycles. The summed E-state index contributed by atoms with van der Waals surface area (Å²) in [6.45, 7) is 2.49. The van der Waals surface area contributed by atoms with Crippen LogP contribution in [0.5, 0.6) is 5.75 Å². The molecule has 1 unspecified atom stereocenters. The van der Waals surface area contributed by atoms with Gasteiger partial charge in [-0.2, -0.15) is 5.26 Å². The Morgan fingerprint density at radius 2 is 2.26 bits per heavy atom. The van der Waals surface area contributed by atoms with Gasteiger partial charge in [0.05, 0.1) is 24.5 Å². The first kappa shape index (κ1) is 14.9. The van der Waals surface area contributed by atoms with Crippen molar-refractivity contribution in [2.45, 2.75) is 25.9 Å². The lowest BCUT2D eigenvalue weighted by Crippen LogP contribution is -2.28. The van der Waals surface area contributed by atoms with E-state index in [-0.39, 0.29) is 17.5 Å². The fourth-order valence-corrected chi connectivity index (χ4v) is 1.71. The third-order valence-corrected chi connectivity index (χ3v) is 3.01. The minimum Gasteiger partial charge on any atom is -0.490 e. The monoisotopic (exact) mass is 263 g/mol. The lowest BCUT2D eigenvalue weighted by Gasteiger charge is -2.22. The molecule has 0 aliphatic carbocycles. The second-order valence-electron chi connectivity index (χ2n) is 4.39. The zero-order valence-corrected chi connectivity index (χ0v) is 11.3. The van der Waals surface area contributed by atoms with Gasteiger partial charge in [-0.1, -0.05) is 6.07 Å². The number of hydrogen-bond donors (Lipinski definition) is 0. The molecule has 6 nitrogen and oxygen atoms in total. The molecule has 0 aromatic heterocycles. The normalized spacial score (nSPS) is 11.9. The molecule has 0 spiro atoms. The first-order chi connectivity index (χ1) is 8.99. The number of nitro benzene ring substituents is 1. The molecule has 0 aliphatic rings. The zero-order valence-electron chi connectivity index (χ0n) is 11.3. The third-order valence-electron chi connectivity index (χ3n) is 3.01. The third kappa shape index (κ3) is 3.93. The van der Waals surface area contributed by atoms with Crippen molar-refractivity contribution in [1.82, 2.24) is 4.90 Å². The minimum absolute atomic E-state index is 0.0404. The van der Waals surface area contributed by atoms with Crippen LogP contribution in [-0.2, 0) is 6.54 Å². The Bertz CT molecular complexity index is 496. The zero-order chi connectivity index (χ0) is 14.4. The quantitative estimate of drug-likeness (QED) is 0.581. The van der Waals surface area contributed by atoms with E-state index in [2.05, 4.69) is 6.07 Å². The number of hydrogen-bond acceptors (Lipinski definition) is 5. The number of methoxy groups -OCH3 is 1. The van der Waals surface area contributed by atoms with Crippen LogP contribution in [0.4, 0.5) is 5.69 Å². The molecule has 0 aliphatic heterocycles. The van der Waals surface area contributed by atoms with Gasteiger partial charge < -0.3 is 4.74 Å².